The third-order valence-corrected chi connectivity index (χ3v) is 4.30. The Balaban J connectivity index is 2.07. The van der Waals surface area contributed by atoms with Gasteiger partial charge in [0.05, 0.1) is 6.42 Å². The lowest BCUT2D eigenvalue weighted by atomic mass is 9.90. The number of nitrogens with zero attached hydrogens (tertiary/aromatic N) is 1. The fraction of sp³-hybridized carbons (Fsp3) is 0.529. The highest BCUT2D eigenvalue weighted by atomic mass is 16.4. The van der Waals surface area contributed by atoms with Crippen molar-refractivity contribution in [3.05, 3.63) is 34.9 Å². The van der Waals surface area contributed by atoms with Gasteiger partial charge in [-0.3, -0.25) is 4.79 Å². The second-order valence-corrected chi connectivity index (χ2v) is 5.75. The van der Waals surface area contributed by atoms with Crippen LogP contribution in [0.15, 0.2) is 18.2 Å². The molecule has 0 saturated carbocycles. The predicted molar refractivity (Wildman–Crippen MR) is 81.3 cm³/mol. The standard InChI is InChI=1S/C17H23NO3/c1-3-15(17(20)21)18(2)16(19)11-12-8-9-13-6-4-5-7-14(13)10-12/h8-10,15H,3-7,11H2,1-2H3,(H,20,21). The lowest BCUT2D eigenvalue weighted by Gasteiger charge is -2.24. The Morgan fingerprint density at radius 3 is 2.52 bits per heavy atom. The zero-order valence-corrected chi connectivity index (χ0v) is 12.8. The van der Waals surface area contributed by atoms with Crippen LogP contribution in [-0.2, 0) is 28.9 Å². The van der Waals surface area contributed by atoms with E-state index in [1.165, 1.54) is 28.9 Å². The first-order chi connectivity index (χ1) is 10.0. The predicted octanol–water partition coefficient (Wildman–Crippen LogP) is 2.43. The summed E-state index contributed by atoms with van der Waals surface area (Å²) >= 11 is 0. The van der Waals surface area contributed by atoms with E-state index in [1.807, 2.05) is 6.07 Å². The van der Waals surface area contributed by atoms with Crippen molar-refractivity contribution in [1.29, 1.82) is 0 Å². The summed E-state index contributed by atoms with van der Waals surface area (Å²) in [5.74, 6) is -1.08. The molecule has 1 amide bonds. The Morgan fingerprint density at radius 1 is 1.24 bits per heavy atom. The van der Waals surface area contributed by atoms with E-state index in [0.29, 0.717) is 6.42 Å². The van der Waals surface area contributed by atoms with Crippen molar-refractivity contribution in [1.82, 2.24) is 4.90 Å². The van der Waals surface area contributed by atoms with E-state index in [0.717, 1.165) is 18.4 Å². The van der Waals surface area contributed by atoms with Gasteiger partial charge in [0.2, 0.25) is 5.91 Å². The molecule has 0 spiro atoms. The minimum absolute atomic E-state index is 0.139. The molecular formula is C17H23NO3. The van der Waals surface area contributed by atoms with E-state index in [2.05, 4.69) is 12.1 Å². The lowest BCUT2D eigenvalue weighted by molar-refractivity contribution is -0.148. The monoisotopic (exact) mass is 289 g/mol. The van der Waals surface area contributed by atoms with E-state index in [1.54, 1.807) is 14.0 Å². The maximum absolute atomic E-state index is 12.2. The van der Waals surface area contributed by atoms with Gasteiger partial charge in [-0.25, -0.2) is 4.79 Å². The molecule has 0 heterocycles. The largest absolute Gasteiger partial charge is 0.480 e. The summed E-state index contributed by atoms with van der Waals surface area (Å²) in [6, 6.07) is 5.49. The van der Waals surface area contributed by atoms with Gasteiger partial charge >= 0.3 is 5.97 Å². The zero-order chi connectivity index (χ0) is 15.4. The molecule has 1 aliphatic rings. The number of rotatable bonds is 5. The molecule has 1 aromatic carbocycles. The number of benzene rings is 1. The van der Waals surface area contributed by atoms with Gasteiger partial charge in [0, 0.05) is 7.05 Å². The third kappa shape index (κ3) is 3.63. The Labute approximate surface area is 125 Å². The van der Waals surface area contributed by atoms with Gasteiger partial charge in [0.25, 0.3) is 0 Å². The normalized spacial score (nSPS) is 15.1. The van der Waals surface area contributed by atoms with Crippen molar-refractivity contribution < 1.29 is 14.7 Å². The number of fused-ring (bicyclic) bond motifs is 1. The van der Waals surface area contributed by atoms with Crippen LogP contribution in [0.1, 0.15) is 42.9 Å². The molecule has 0 aliphatic heterocycles. The first-order valence-corrected chi connectivity index (χ1v) is 7.62. The number of amides is 1. The number of hydrogen-bond acceptors (Lipinski definition) is 2. The van der Waals surface area contributed by atoms with Gasteiger partial charge in [0.15, 0.2) is 0 Å². The van der Waals surface area contributed by atoms with Crippen LogP contribution in [0.5, 0.6) is 0 Å². The number of aryl methyl sites for hydroxylation is 2. The SMILES string of the molecule is CCC(C(=O)O)N(C)C(=O)Cc1ccc2c(c1)CCCC2. The molecule has 0 bridgehead atoms. The van der Waals surface area contributed by atoms with E-state index >= 15 is 0 Å². The summed E-state index contributed by atoms with van der Waals surface area (Å²) in [5, 5.41) is 9.12. The van der Waals surface area contributed by atoms with Crippen LogP contribution in [-0.4, -0.2) is 35.0 Å². The number of carbonyl (C=O) groups is 2. The van der Waals surface area contributed by atoms with Crippen molar-refractivity contribution in [2.75, 3.05) is 7.05 Å². The van der Waals surface area contributed by atoms with Gasteiger partial charge in [0.1, 0.15) is 6.04 Å². The van der Waals surface area contributed by atoms with E-state index in [-0.39, 0.29) is 12.3 Å². The third-order valence-electron chi connectivity index (χ3n) is 4.30. The number of carbonyl (C=O) groups excluding carboxylic acids is 1. The van der Waals surface area contributed by atoms with E-state index in [4.69, 9.17) is 5.11 Å². The highest BCUT2D eigenvalue weighted by Gasteiger charge is 2.24. The Bertz CT molecular complexity index is 539. The summed E-state index contributed by atoms with van der Waals surface area (Å²) in [5.41, 5.74) is 3.72. The van der Waals surface area contributed by atoms with Crippen molar-refractivity contribution in [2.24, 2.45) is 0 Å². The van der Waals surface area contributed by atoms with Crippen molar-refractivity contribution in [2.45, 2.75) is 51.5 Å². The molecule has 114 valence electrons. The van der Waals surface area contributed by atoms with Crippen molar-refractivity contribution in [3.63, 3.8) is 0 Å². The molecular weight excluding hydrogens is 266 g/mol. The van der Waals surface area contributed by atoms with Crippen molar-refractivity contribution >= 4 is 11.9 Å². The minimum Gasteiger partial charge on any atom is -0.480 e. The van der Waals surface area contributed by atoms with Crippen LogP contribution >= 0.6 is 0 Å². The fourth-order valence-corrected chi connectivity index (χ4v) is 2.98. The van der Waals surface area contributed by atoms with Crippen molar-refractivity contribution in [3.8, 4) is 0 Å². The summed E-state index contributed by atoms with van der Waals surface area (Å²) in [7, 11) is 1.57. The molecule has 1 aromatic rings. The molecule has 1 atom stereocenters. The summed E-state index contributed by atoms with van der Waals surface area (Å²) in [4.78, 5) is 24.7. The maximum Gasteiger partial charge on any atom is 0.326 e. The van der Waals surface area contributed by atoms with Crippen LogP contribution in [0.3, 0.4) is 0 Å². The number of likely N-dealkylation sites (N-methyl/N-ethyl adjacent to an activating group) is 1. The number of carboxylic acid groups (broad SMARTS) is 1. The Hall–Kier alpha value is -1.84. The maximum atomic E-state index is 12.2. The van der Waals surface area contributed by atoms with Crippen LogP contribution < -0.4 is 0 Å². The van der Waals surface area contributed by atoms with Gasteiger partial charge < -0.3 is 10.0 Å². The second-order valence-electron chi connectivity index (χ2n) is 5.75. The van der Waals surface area contributed by atoms with Gasteiger partial charge in [-0.15, -0.1) is 0 Å². The molecule has 0 fully saturated rings. The zero-order valence-electron chi connectivity index (χ0n) is 12.8. The molecule has 21 heavy (non-hydrogen) atoms. The molecule has 1 aliphatic carbocycles. The Kier molecular flexibility index (Phi) is 4.99. The van der Waals surface area contributed by atoms with Gasteiger partial charge in [-0.2, -0.15) is 0 Å². The highest BCUT2D eigenvalue weighted by molar-refractivity contribution is 5.84. The van der Waals surface area contributed by atoms with Gasteiger partial charge in [-0.1, -0.05) is 25.1 Å². The first-order valence-electron chi connectivity index (χ1n) is 7.62. The smallest absolute Gasteiger partial charge is 0.326 e. The topological polar surface area (TPSA) is 57.6 Å². The fourth-order valence-electron chi connectivity index (χ4n) is 2.98. The molecule has 1 N–H and O–H groups in total. The Morgan fingerprint density at radius 2 is 1.90 bits per heavy atom. The van der Waals surface area contributed by atoms with E-state index in [9.17, 15) is 9.59 Å². The quantitative estimate of drug-likeness (QED) is 0.905. The number of aliphatic carboxylic acids is 1. The highest BCUT2D eigenvalue weighted by Crippen LogP contribution is 2.22. The molecule has 4 heteroatoms. The molecule has 1 unspecified atom stereocenters. The second kappa shape index (κ2) is 6.74. The minimum atomic E-state index is -0.946. The van der Waals surface area contributed by atoms with E-state index < -0.39 is 12.0 Å². The summed E-state index contributed by atoms with van der Waals surface area (Å²) in [6.45, 7) is 1.78. The molecule has 4 nitrogen and oxygen atoms in total. The van der Waals surface area contributed by atoms with Crippen LogP contribution in [0, 0.1) is 0 Å². The van der Waals surface area contributed by atoms with Crippen LogP contribution in [0.2, 0.25) is 0 Å². The molecule has 0 aromatic heterocycles. The summed E-state index contributed by atoms with van der Waals surface area (Å²) in [6.07, 6.45) is 5.35. The molecule has 0 radical (unpaired) electrons. The summed E-state index contributed by atoms with van der Waals surface area (Å²) < 4.78 is 0. The number of hydrogen-bond donors (Lipinski definition) is 1. The lowest BCUT2D eigenvalue weighted by Crippen LogP contribution is -2.42. The molecule has 0 saturated heterocycles. The number of carboxylic acids is 1. The average Bonchev–Trinajstić information content (AvgIpc) is 2.47. The van der Waals surface area contributed by atoms with Crippen LogP contribution in [0.25, 0.3) is 0 Å². The average molecular weight is 289 g/mol. The first kappa shape index (κ1) is 15.5. The molecule has 2 rings (SSSR count). The van der Waals surface area contributed by atoms with Gasteiger partial charge in [-0.05, 0) is 48.8 Å². The van der Waals surface area contributed by atoms with Crippen LogP contribution in [0.4, 0.5) is 0 Å².